The minimum Gasteiger partial charge on any atom is -0.495 e. The first-order chi connectivity index (χ1) is 21.1. The van der Waals surface area contributed by atoms with E-state index in [1.54, 1.807) is 42.5 Å². The Kier molecular flexibility index (Phi) is 11.2. The lowest BCUT2D eigenvalue weighted by Crippen LogP contribution is -2.54. The molecule has 0 fully saturated rings. The monoisotopic (exact) mass is 677 g/mol. The lowest BCUT2D eigenvalue weighted by molar-refractivity contribution is -0.140. The molecular formula is C34H36BrN3O5S. The van der Waals surface area contributed by atoms with E-state index in [-0.39, 0.29) is 41.2 Å². The van der Waals surface area contributed by atoms with E-state index in [0.717, 1.165) is 19.9 Å². The number of benzene rings is 4. The number of nitrogens with zero attached hydrogens (tertiary/aromatic N) is 2. The highest BCUT2D eigenvalue weighted by molar-refractivity contribution is 9.10. The van der Waals surface area contributed by atoms with E-state index < -0.39 is 28.5 Å². The Morgan fingerprint density at radius 3 is 2.09 bits per heavy atom. The molecule has 0 aliphatic carbocycles. The van der Waals surface area contributed by atoms with Crippen LogP contribution in [0.2, 0.25) is 0 Å². The number of carbonyl (C=O) groups is 2. The molecule has 4 aromatic rings. The number of rotatable bonds is 13. The van der Waals surface area contributed by atoms with Crippen molar-refractivity contribution in [1.82, 2.24) is 10.2 Å². The SMILES string of the molecule is COc1ccccc1N(CC(=O)N(Cc1cccc(Br)c1)C(Cc1ccccc1)C(=O)NC(C)C)S(=O)(=O)c1ccccc1. The fraction of sp³-hybridized carbons (Fsp3) is 0.235. The predicted octanol–water partition coefficient (Wildman–Crippen LogP) is 5.82. The van der Waals surface area contributed by atoms with Gasteiger partial charge in [-0.3, -0.25) is 13.9 Å². The number of sulfonamides is 1. The van der Waals surface area contributed by atoms with Crippen molar-refractivity contribution in [2.75, 3.05) is 18.0 Å². The van der Waals surface area contributed by atoms with Gasteiger partial charge in [-0.15, -0.1) is 0 Å². The summed E-state index contributed by atoms with van der Waals surface area (Å²) in [6.45, 7) is 3.22. The molecule has 0 aliphatic heterocycles. The lowest BCUT2D eigenvalue weighted by Gasteiger charge is -2.34. The van der Waals surface area contributed by atoms with Crippen LogP contribution >= 0.6 is 15.9 Å². The van der Waals surface area contributed by atoms with Gasteiger partial charge >= 0.3 is 0 Å². The zero-order valence-corrected chi connectivity index (χ0v) is 27.3. The molecule has 0 heterocycles. The zero-order valence-electron chi connectivity index (χ0n) is 24.9. The molecule has 1 N–H and O–H groups in total. The van der Waals surface area contributed by atoms with Crippen LogP contribution < -0.4 is 14.4 Å². The molecule has 8 nitrogen and oxygen atoms in total. The van der Waals surface area contributed by atoms with Gasteiger partial charge in [-0.1, -0.05) is 88.7 Å². The Balaban J connectivity index is 1.83. The van der Waals surface area contributed by atoms with Crippen LogP contribution in [0.3, 0.4) is 0 Å². The van der Waals surface area contributed by atoms with Gasteiger partial charge in [0.15, 0.2) is 0 Å². The molecule has 1 atom stereocenters. The average Bonchev–Trinajstić information content (AvgIpc) is 3.02. The van der Waals surface area contributed by atoms with Gasteiger partial charge in [0.2, 0.25) is 11.8 Å². The van der Waals surface area contributed by atoms with Crippen LogP contribution in [0.25, 0.3) is 0 Å². The van der Waals surface area contributed by atoms with E-state index in [4.69, 9.17) is 4.74 Å². The van der Waals surface area contributed by atoms with Crippen molar-refractivity contribution >= 4 is 43.5 Å². The van der Waals surface area contributed by atoms with Crippen LogP contribution in [0.4, 0.5) is 5.69 Å². The van der Waals surface area contributed by atoms with Crippen LogP contribution in [0.15, 0.2) is 119 Å². The normalized spacial score (nSPS) is 11.9. The number of hydrogen-bond acceptors (Lipinski definition) is 5. The van der Waals surface area contributed by atoms with Gasteiger partial charge in [0.1, 0.15) is 18.3 Å². The molecule has 4 aromatic carbocycles. The summed E-state index contributed by atoms with van der Waals surface area (Å²) in [4.78, 5) is 29.8. The van der Waals surface area contributed by atoms with Crippen LogP contribution in [0.5, 0.6) is 5.75 Å². The van der Waals surface area contributed by atoms with Gasteiger partial charge in [0.05, 0.1) is 17.7 Å². The standard InChI is InChI=1S/C34H36BrN3O5S/c1-25(2)36-34(40)31(22-26-13-6-4-7-14-26)37(23-27-15-12-16-28(35)21-27)33(39)24-38(30-19-10-11-20-32(30)43-3)44(41,42)29-17-8-5-9-18-29/h4-21,25,31H,22-24H2,1-3H3,(H,36,40). The van der Waals surface area contributed by atoms with E-state index in [9.17, 15) is 18.0 Å². The summed E-state index contributed by atoms with van der Waals surface area (Å²) in [7, 11) is -2.78. The molecule has 0 aliphatic rings. The number of ether oxygens (including phenoxy) is 1. The number of para-hydroxylation sites is 2. The average molecular weight is 679 g/mol. The maximum absolute atomic E-state index is 14.5. The quantitative estimate of drug-likeness (QED) is 0.193. The van der Waals surface area contributed by atoms with Crippen LogP contribution in [0, 0.1) is 0 Å². The molecule has 44 heavy (non-hydrogen) atoms. The van der Waals surface area contributed by atoms with Crippen molar-refractivity contribution in [2.45, 2.75) is 43.8 Å². The molecular weight excluding hydrogens is 642 g/mol. The number of methoxy groups -OCH3 is 1. The summed E-state index contributed by atoms with van der Waals surface area (Å²) in [5.74, 6) is -0.589. The van der Waals surface area contributed by atoms with E-state index in [1.807, 2.05) is 68.4 Å². The number of anilines is 1. The van der Waals surface area contributed by atoms with E-state index >= 15 is 0 Å². The molecule has 0 bridgehead atoms. The highest BCUT2D eigenvalue weighted by Crippen LogP contribution is 2.32. The summed E-state index contributed by atoms with van der Waals surface area (Å²) in [6.07, 6.45) is 0.235. The summed E-state index contributed by atoms with van der Waals surface area (Å²) in [5, 5.41) is 2.96. The summed E-state index contributed by atoms with van der Waals surface area (Å²) < 4.78 is 35.6. The van der Waals surface area contributed by atoms with Crippen molar-refractivity contribution in [1.29, 1.82) is 0 Å². The number of amides is 2. The number of hydrogen-bond donors (Lipinski definition) is 1. The molecule has 1 unspecified atom stereocenters. The summed E-state index contributed by atoms with van der Waals surface area (Å²) in [5.41, 5.74) is 1.85. The fourth-order valence-corrected chi connectivity index (χ4v) is 6.73. The predicted molar refractivity (Wildman–Crippen MR) is 176 cm³/mol. The molecule has 4 rings (SSSR count). The van der Waals surface area contributed by atoms with Crippen molar-refractivity contribution in [3.8, 4) is 5.75 Å². The Morgan fingerprint density at radius 2 is 1.45 bits per heavy atom. The Hall–Kier alpha value is -4.15. The minimum absolute atomic E-state index is 0.0237. The smallest absolute Gasteiger partial charge is 0.264 e. The third kappa shape index (κ3) is 8.27. The second-order valence-corrected chi connectivity index (χ2v) is 13.3. The van der Waals surface area contributed by atoms with Gasteiger partial charge in [-0.25, -0.2) is 8.42 Å². The van der Waals surface area contributed by atoms with Crippen LogP contribution in [-0.2, 0) is 32.6 Å². The van der Waals surface area contributed by atoms with Gasteiger partial charge in [0, 0.05) is 23.5 Å². The number of carbonyl (C=O) groups excluding carboxylic acids is 2. The number of halogens is 1. The first-order valence-corrected chi connectivity index (χ1v) is 16.4. The van der Waals surface area contributed by atoms with Crippen LogP contribution in [0.1, 0.15) is 25.0 Å². The molecule has 0 spiro atoms. The molecule has 0 radical (unpaired) electrons. The highest BCUT2D eigenvalue weighted by atomic mass is 79.9. The molecule has 0 saturated heterocycles. The van der Waals surface area contributed by atoms with Crippen molar-refractivity contribution < 1.29 is 22.7 Å². The fourth-order valence-electron chi connectivity index (χ4n) is 4.84. The van der Waals surface area contributed by atoms with E-state index in [1.165, 1.54) is 24.1 Å². The second-order valence-electron chi connectivity index (χ2n) is 10.5. The topological polar surface area (TPSA) is 96.0 Å². The minimum atomic E-state index is -4.22. The molecule has 2 amide bonds. The van der Waals surface area contributed by atoms with Gasteiger partial charge in [0.25, 0.3) is 10.0 Å². The molecule has 0 aromatic heterocycles. The van der Waals surface area contributed by atoms with Gasteiger partial charge < -0.3 is 15.0 Å². The largest absolute Gasteiger partial charge is 0.495 e. The summed E-state index contributed by atoms with van der Waals surface area (Å²) in [6, 6.07) is 30.4. The number of nitrogens with one attached hydrogen (secondary N) is 1. The first kappa shape index (κ1) is 32.8. The summed E-state index contributed by atoms with van der Waals surface area (Å²) >= 11 is 3.50. The maximum Gasteiger partial charge on any atom is 0.264 e. The van der Waals surface area contributed by atoms with E-state index in [2.05, 4.69) is 21.2 Å². The van der Waals surface area contributed by atoms with Crippen LogP contribution in [-0.4, -0.2) is 50.9 Å². The maximum atomic E-state index is 14.5. The Morgan fingerprint density at radius 1 is 0.841 bits per heavy atom. The third-order valence-electron chi connectivity index (χ3n) is 6.91. The van der Waals surface area contributed by atoms with Gasteiger partial charge in [-0.2, -0.15) is 0 Å². The van der Waals surface area contributed by atoms with Gasteiger partial charge in [-0.05, 0) is 61.4 Å². The molecule has 230 valence electrons. The lowest BCUT2D eigenvalue weighted by atomic mass is 10.0. The highest BCUT2D eigenvalue weighted by Gasteiger charge is 2.35. The molecule has 10 heteroatoms. The Bertz CT molecular complexity index is 1670. The third-order valence-corrected chi connectivity index (χ3v) is 9.18. The van der Waals surface area contributed by atoms with E-state index in [0.29, 0.717) is 0 Å². The van der Waals surface area contributed by atoms with Crippen molar-refractivity contribution in [2.24, 2.45) is 0 Å². The zero-order chi connectivity index (χ0) is 31.7. The first-order valence-electron chi connectivity index (χ1n) is 14.2. The molecule has 0 saturated carbocycles. The second kappa shape index (κ2) is 15.0. The Labute approximate surface area is 267 Å². The van der Waals surface area contributed by atoms with Crippen molar-refractivity contribution in [3.63, 3.8) is 0 Å². The van der Waals surface area contributed by atoms with Crippen molar-refractivity contribution in [3.05, 3.63) is 125 Å².